The number of aromatic nitrogens is 2. The lowest BCUT2D eigenvalue weighted by Crippen LogP contribution is -2.65. The predicted molar refractivity (Wildman–Crippen MR) is 131 cm³/mol. The summed E-state index contributed by atoms with van der Waals surface area (Å²) in [7, 11) is 1.88. The van der Waals surface area contributed by atoms with Gasteiger partial charge in [0, 0.05) is 34.4 Å². The van der Waals surface area contributed by atoms with Crippen LogP contribution in [0.1, 0.15) is 36.6 Å². The van der Waals surface area contributed by atoms with Crippen LogP contribution in [0, 0.1) is 12.8 Å². The van der Waals surface area contributed by atoms with Gasteiger partial charge < -0.3 is 15.1 Å². The van der Waals surface area contributed by atoms with E-state index >= 15 is 0 Å². The zero-order valence-electron chi connectivity index (χ0n) is 19.3. The topological polar surface area (TPSA) is 87.1 Å². The molecule has 2 atom stereocenters. The number of fused-ring (bicyclic) bond motifs is 1. The van der Waals surface area contributed by atoms with Gasteiger partial charge in [-0.05, 0) is 48.6 Å². The highest BCUT2D eigenvalue weighted by Crippen LogP contribution is 2.52. The number of hydrogen-bond acceptors (Lipinski definition) is 4. The van der Waals surface area contributed by atoms with Crippen molar-refractivity contribution in [1.82, 2.24) is 9.78 Å². The summed E-state index contributed by atoms with van der Waals surface area (Å²) in [6.07, 6.45) is -0.643. The zero-order valence-corrected chi connectivity index (χ0v) is 20.8. The van der Waals surface area contributed by atoms with E-state index in [0.717, 1.165) is 16.9 Å². The van der Waals surface area contributed by atoms with Crippen molar-refractivity contribution in [3.63, 3.8) is 0 Å². The van der Waals surface area contributed by atoms with Crippen LogP contribution in [0.25, 0.3) is 5.69 Å². The van der Waals surface area contributed by atoms with E-state index in [1.165, 1.54) is 4.68 Å². The second-order valence-electron chi connectivity index (χ2n) is 9.68. The van der Waals surface area contributed by atoms with Crippen molar-refractivity contribution in [3.8, 4) is 5.69 Å². The first-order valence-electron chi connectivity index (χ1n) is 11.2. The number of hydrogen-bond donors (Lipinski definition) is 1. The summed E-state index contributed by atoms with van der Waals surface area (Å²) in [5.74, 6) is -1.64. The van der Waals surface area contributed by atoms with Crippen LogP contribution in [0.5, 0.6) is 0 Å². The molecule has 34 heavy (non-hydrogen) atoms. The third kappa shape index (κ3) is 3.28. The van der Waals surface area contributed by atoms with E-state index in [9.17, 15) is 15.0 Å². The molecule has 1 aromatic heterocycles. The van der Waals surface area contributed by atoms with Gasteiger partial charge in [0.2, 0.25) is 0 Å². The summed E-state index contributed by atoms with van der Waals surface area (Å²) >= 11 is 12.7. The molecule has 0 spiro atoms. The minimum atomic E-state index is -1.21. The normalized spacial score (nSPS) is 26.6. The molecule has 6 nitrogen and oxygen atoms in total. The van der Waals surface area contributed by atoms with E-state index in [0.29, 0.717) is 21.4 Å². The third-order valence-electron chi connectivity index (χ3n) is 7.32. The van der Waals surface area contributed by atoms with Crippen molar-refractivity contribution < 1.29 is 10.2 Å². The Morgan fingerprint density at radius 2 is 1.74 bits per heavy atom. The van der Waals surface area contributed by atoms with Crippen molar-refractivity contribution in [3.05, 3.63) is 91.5 Å². The summed E-state index contributed by atoms with van der Waals surface area (Å²) in [6, 6.07) is 12.7. The van der Waals surface area contributed by atoms with Gasteiger partial charge in [0.15, 0.2) is 0 Å². The number of para-hydroxylation sites is 1. The fourth-order valence-corrected chi connectivity index (χ4v) is 6.12. The highest BCUT2D eigenvalue weighted by atomic mass is 35.5. The van der Waals surface area contributed by atoms with Crippen LogP contribution in [0.15, 0.2) is 59.0 Å². The summed E-state index contributed by atoms with van der Waals surface area (Å²) in [6.45, 7) is 5.79. The molecule has 0 saturated heterocycles. The molecule has 1 saturated carbocycles. The summed E-state index contributed by atoms with van der Waals surface area (Å²) < 4.78 is 1.39. The molecular formula is C26H25Cl2N3O3-2. The number of nitrogens with one attached hydrogen (secondary N) is 1. The number of H-pyrrole nitrogens is 1. The maximum absolute atomic E-state index is 13.3. The number of anilines is 1. The Hall–Kier alpha value is -2.51. The van der Waals surface area contributed by atoms with Crippen LogP contribution in [-0.2, 0) is 5.41 Å². The monoisotopic (exact) mass is 497 g/mol. The van der Waals surface area contributed by atoms with E-state index in [4.69, 9.17) is 23.2 Å². The number of nitrogens with zero attached hydrogens (tertiary/aromatic N) is 2. The van der Waals surface area contributed by atoms with Gasteiger partial charge in [0.05, 0.1) is 16.4 Å². The van der Waals surface area contributed by atoms with Gasteiger partial charge in [-0.15, -0.1) is 12.2 Å². The van der Waals surface area contributed by atoms with Gasteiger partial charge in [0.1, 0.15) is 0 Å². The van der Waals surface area contributed by atoms with Gasteiger partial charge in [-0.3, -0.25) is 9.89 Å². The fourth-order valence-electron chi connectivity index (χ4n) is 5.50. The summed E-state index contributed by atoms with van der Waals surface area (Å²) in [5.41, 5.74) is 3.30. The molecule has 1 aliphatic heterocycles. The first kappa shape index (κ1) is 23.2. The summed E-state index contributed by atoms with van der Waals surface area (Å²) in [4.78, 5) is 15.1. The second-order valence-corrected chi connectivity index (χ2v) is 10.5. The smallest absolute Gasteiger partial charge is 0.274 e. The van der Waals surface area contributed by atoms with Crippen molar-refractivity contribution in [2.24, 2.45) is 5.92 Å². The number of likely N-dealkylation sites (N-methyl/N-ethyl adjacent to an activating group) is 1. The van der Waals surface area contributed by atoms with E-state index in [2.05, 4.69) is 5.10 Å². The molecule has 8 heteroatoms. The molecule has 1 aliphatic carbocycles. The molecule has 2 unspecified atom stereocenters. The fraction of sp³-hybridized carbons (Fsp3) is 0.346. The average Bonchev–Trinajstić information content (AvgIpc) is 3.17. The number of aromatic amines is 1. The molecule has 2 heterocycles. The molecule has 1 N–H and O–H groups in total. The molecule has 2 aliphatic rings. The largest absolute Gasteiger partial charge is 0.851 e. The quantitative estimate of drug-likeness (QED) is 0.601. The molecule has 0 radical (unpaired) electrons. The highest BCUT2D eigenvalue weighted by molar-refractivity contribution is 6.37. The maximum Gasteiger partial charge on any atom is 0.274 e. The predicted octanol–water partition coefficient (Wildman–Crippen LogP) is 3.26. The average molecular weight is 498 g/mol. The van der Waals surface area contributed by atoms with Gasteiger partial charge in [-0.2, -0.15) is 0 Å². The number of rotatable bonds is 3. The third-order valence-corrected chi connectivity index (χ3v) is 7.83. The first-order valence-corrected chi connectivity index (χ1v) is 11.9. The standard InChI is InChI=1S/C26H25Cl2N3O3/c1-13-20(25(34)31(29-13)15-8-6-5-7-9-15)21-23(32)16(24(21)33)12-19-26(2,3)17-10-14(27)11-18(28)22(17)30(19)4/h5-12,16,21,23-24,29H,1-4H3/q-2. The minimum absolute atomic E-state index is 0.288. The number of aryl methyl sites for hydroxylation is 1. The van der Waals surface area contributed by atoms with Crippen LogP contribution in [-0.4, -0.2) is 29.0 Å². The molecule has 2 aromatic carbocycles. The Labute approximate surface area is 208 Å². The maximum atomic E-state index is 13.3. The Bertz CT molecular complexity index is 1350. The molecular weight excluding hydrogens is 473 g/mol. The van der Waals surface area contributed by atoms with E-state index in [-0.39, 0.29) is 11.1 Å². The van der Waals surface area contributed by atoms with Crippen LogP contribution < -0.4 is 20.7 Å². The van der Waals surface area contributed by atoms with Crippen LogP contribution in [0.2, 0.25) is 10.0 Å². The molecule has 3 aromatic rings. The van der Waals surface area contributed by atoms with Gasteiger partial charge in [-0.1, -0.05) is 61.3 Å². The molecule has 0 bridgehead atoms. The minimum Gasteiger partial charge on any atom is -0.851 e. The Morgan fingerprint density at radius 1 is 1.09 bits per heavy atom. The van der Waals surface area contributed by atoms with Crippen molar-refractivity contribution in [1.29, 1.82) is 0 Å². The van der Waals surface area contributed by atoms with Gasteiger partial charge in [0.25, 0.3) is 5.56 Å². The van der Waals surface area contributed by atoms with Crippen molar-refractivity contribution in [2.45, 2.75) is 44.3 Å². The van der Waals surface area contributed by atoms with Gasteiger partial charge >= 0.3 is 0 Å². The Balaban J connectivity index is 1.48. The van der Waals surface area contributed by atoms with E-state index < -0.39 is 29.5 Å². The van der Waals surface area contributed by atoms with Crippen LogP contribution in [0.4, 0.5) is 5.69 Å². The molecule has 5 rings (SSSR count). The lowest BCUT2D eigenvalue weighted by atomic mass is 9.65. The second kappa shape index (κ2) is 8.02. The van der Waals surface area contributed by atoms with E-state index in [1.54, 1.807) is 31.2 Å². The van der Waals surface area contributed by atoms with Crippen LogP contribution in [0.3, 0.4) is 0 Å². The number of allylic oxidation sites excluding steroid dienone is 1. The highest BCUT2D eigenvalue weighted by Gasteiger charge is 2.44. The van der Waals surface area contributed by atoms with Gasteiger partial charge in [-0.25, -0.2) is 4.68 Å². The Morgan fingerprint density at radius 3 is 2.38 bits per heavy atom. The molecule has 178 valence electrons. The summed E-state index contributed by atoms with van der Waals surface area (Å²) in [5, 5.41) is 30.8. The Kier molecular flexibility index (Phi) is 5.48. The molecule has 1 fully saturated rings. The lowest BCUT2D eigenvalue weighted by molar-refractivity contribution is -0.543. The zero-order chi connectivity index (χ0) is 24.5. The number of benzene rings is 2. The lowest BCUT2D eigenvalue weighted by Gasteiger charge is -2.60. The first-order chi connectivity index (χ1) is 16.0. The SMILES string of the molecule is Cc1[nH]n(-c2ccccc2)c(=O)c1C1C([O-])C(C=C2N(C)c3c(Cl)cc(Cl)cc3C2(C)C)C1[O-]. The van der Waals surface area contributed by atoms with Crippen molar-refractivity contribution in [2.75, 3.05) is 11.9 Å². The van der Waals surface area contributed by atoms with Crippen molar-refractivity contribution >= 4 is 28.9 Å². The van der Waals surface area contributed by atoms with E-state index in [1.807, 2.05) is 50.1 Å². The van der Waals surface area contributed by atoms with Crippen LogP contribution >= 0.6 is 23.2 Å². The molecule has 0 amide bonds. The number of halogens is 2.